The number of hydrazine groups is 1. The molecule has 1 rings (SSSR count). The first-order valence-corrected chi connectivity index (χ1v) is 9.28. The molecule has 1 aromatic heterocycles. The summed E-state index contributed by atoms with van der Waals surface area (Å²) >= 11 is 6.76. The number of aromatic nitrogens is 1. The van der Waals surface area contributed by atoms with Crippen LogP contribution in [-0.2, 0) is 9.84 Å². The molecule has 8 heteroatoms. The van der Waals surface area contributed by atoms with E-state index in [-0.39, 0.29) is 17.5 Å². The Kier molecular flexibility index (Phi) is 6.89. The van der Waals surface area contributed by atoms with Crippen molar-refractivity contribution in [3.63, 3.8) is 0 Å². The van der Waals surface area contributed by atoms with Gasteiger partial charge in [-0.3, -0.25) is 16.3 Å². The predicted molar refractivity (Wildman–Crippen MR) is 83.3 cm³/mol. The predicted octanol–water partition coefficient (Wildman–Crippen LogP) is 2.33. The molecule has 0 saturated heterocycles. The van der Waals surface area contributed by atoms with Crippen LogP contribution in [0.3, 0.4) is 0 Å². The van der Waals surface area contributed by atoms with E-state index in [2.05, 4.69) is 42.3 Å². The fourth-order valence-electron chi connectivity index (χ4n) is 1.63. The van der Waals surface area contributed by atoms with Crippen LogP contribution in [-0.4, -0.2) is 24.9 Å². The van der Waals surface area contributed by atoms with E-state index in [0.29, 0.717) is 12.8 Å². The molecule has 19 heavy (non-hydrogen) atoms. The van der Waals surface area contributed by atoms with E-state index in [1.54, 1.807) is 13.1 Å². The summed E-state index contributed by atoms with van der Waals surface area (Å²) in [4.78, 5) is 4.30. The van der Waals surface area contributed by atoms with Crippen molar-refractivity contribution in [2.45, 2.75) is 25.8 Å². The van der Waals surface area contributed by atoms with Gasteiger partial charge in [0.1, 0.15) is 9.84 Å². The second kappa shape index (κ2) is 7.68. The number of halogens is 2. The third kappa shape index (κ3) is 5.47. The van der Waals surface area contributed by atoms with Gasteiger partial charge in [0.15, 0.2) is 0 Å². The monoisotopic (exact) mass is 413 g/mol. The summed E-state index contributed by atoms with van der Waals surface area (Å²) in [6.45, 7) is 1.65. The third-order valence-electron chi connectivity index (χ3n) is 2.76. The van der Waals surface area contributed by atoms with Crippen molar-refractivity contribution in [3.05, 3.63) is 26.9 Å². The minimum absolute atomic E-state index is 0.172. The molecule has 1 heterocycles. The number of rotatable bonds is 7. The normalized spacial score (nSPS) is 13.5. The number of nitrogens with zero attached hydrogens (tertiary/aromatic N) is 1. The summed E-state index contributed by atoms with van der Waals surface area (Å²) in [5.41, 5.74) is 3.46. The van der Waals surface area contributed by atoms with Crippen LogP contribution >= 0.6 is 31.9 Å². The van der Waals surface area contributed by atoms with Crippen LogP contribution in [0.5, 0.6) is 0 Å². The molecule has 0 aromatic carbocycles. The number of pyridine rings is 1. The molecule has 108 valence electrons. The Morgan fingerprint density at radius 2 is 2.16 bits per heavy atom. The van der Waals surface area contributed by atoms with E-state index < -0.39 is 9.84 Å². The van der Waals surface area contributed by atoms with Gasteiger partial charge in [-0.25, -0.2) is 8.42 Å². The lowest BCUT2D eigenvalue weighted by Crippen LogP contribution is -2.29. The van der Waals surface area contributed by atoms with Gasteiger partial charge in [-0.15, -0.1) is 0 Å². The maximum atomic E-state index is 11.4. The molecule has 0 aliphatic heterocycles. The fraction of sp³-hybridized carbons (Fsp3) is 0.545. The van der Waals surface area contributed by atoms with Crippen molar-refractivity contribution in [2.75, 3.05) is 11.5 Å². The lowest BCUT2D eigenvalue weighted by atomic mass is 10.1. The molecule has 0 amide bonds. The molecule has 1 atom stereocenters. The Balaban J connectivity index is 2.68. The Morgan fingerprint density at radius 3 is 2.68 bits per heavy atom. The van der Waals surface area contributed by atoms with Crippen molar-refractivity contribution in [3.8, 4) is 0 Å². The molecule has 5 nitrogen and oxygen atoms in total. The summed E-state index contributed by atoms with van der Waals surface area (Å²) in [5, 5.41) is 0. The topological polar surface area (TPSA) is 85.1 Å². The lowest BCUT2D eigenvalue weighted by molar-refractivity contribution is 0.494. The number of hydrogen-bond donors (Lipinski definition) is 2. The van der Waals surface area contributed by atoms with Crippen molar-refractivity contribution >= 4 is 41.7 Å². The Bertz CT molecular complexity index is 523. The van der Waals surface area contributed by atoms with Crippen molar-refractivity contribution in [1.82, 2.24) is 10.4 Å². The highest BCUT2D eigenvalue weighted by atomic mass is 79.9. The number of sulfone groups is 1. The van der Waals surface area contributed by atoms with Gasteiger partial charge in [0.2, 0.25) is 0 Å². The van der Waals surface area contributed by atoms with Crippen LogP contribution in [0.2, 0.25) is 0 Å². The van der Waals surface area contributed by atoms with E-state index >= 15 is 0 Å². The largest absolute Gasteiger partial charge is 0.271 e. The van der Waals surface area contributed by atoms with Gasteiger partial charge in [-0.1, -0.05) is 6.92 Å². The molecule has 0 radical (unpaired) electrons. The van der Waals surface area contributed by atoms with Crippen molar-refractivity contribution in [2.24, 2.45) is 5.84 Å². The highest BCUT2D eigenvalue weighted by molar-refractivity contribution is 9.11. The zero-order chi connectivity index (χ0) is 14.5. The van der Waals surface area contributed by atoms with Gasteiger partial charge < -0.3 is 0 Å². The maximum absolute atomic E-state index is 11.4. The second-order valence-electron chi connectivity index (χ2n) is 4.12. The van der Waals surface area contributed by atoms with Crippen molar-refractivity contribution < 1.29 is 8.42 Å². The third-order valence-corrected chi connectivity index (χ3v) is 5.61. The molecule has 0 aliphatic rings. The molecule has 1 unspecified atom stereocenters. The number of nitrogens with one attached hydrogen (secondary N) is 1. The van der Waals surface area contributed by atoms with Crippen LogP contribution in [0.15, 0.2) is 21.2 Å². The van der Waals surface area contributed by atoms with Crippen LogP contribution < -0.4 is 11.3 Å². The fourth-order valence-corrected chi connectivity index (χ4v) is 3.79. The van der Waals surface area contributed by atoms with Crippen molar-refractivity contribution in [1.29, 1.82) is 0 Å². The molecule has 0 fully saturated rings. The molecule has 1 aromatic rings. The molecule has 3 N–H and O–H groups in total. The highest BCUT2D eigenvalue weighted by Gasteiger charge is 2.16. The average Bonchev–Trinajstić information content (AvgIpc) is 2.36. The first-order chi connectivity index (χ1) is 8.89. The Hall–Kier alpha value is -0.0200. The van der Waals surface area contributed by atoms with Gasteiger partial charge in [0.25, 0.3) is 0 Å². The van der Waals surface area contributed by atoms with Gasteiger partial charge >= 0.3 is 0 Å². The first-order valence-electron chi connectivity index (χ1n) is 5.87. The molecule has 0 saturated carbocycles. The summed E-state index contributed by atoms with van der Waals surface area (Å²) in [6.07, 6.45) is 2.85. The minimum Gasteiger partial charge on any atom is -0.271 e. The second-order valence-corrected chi connectivity index (χ2v) is 8.36. The van der Waals surface area contributed by atoms with E-state index in [0.717, 1.165) is 14.6 Å². The summed E-state index contributed by atoms with van der Waals surface area (Å²) < 4.78 is 24.6. The first kappa shape index (κ1) is 17.0. The molecule has 0 aliphatic carbocycles. The summed E-state index contributed by atoms with van der Waals surface area (Å²) in [7, 11) is -2.93. The highest BCUT2D eigenvalue weighted by Crippen LogP contribution is 2.26. The van der Waals surface area contributed by atoms with Crippen LogP contribution in [0, 0.1) is 0 Å². The van der Waals surface area contributed by atoms with Gasteiger partial charge in [-0.2, -0.15) is 0 Å². The molecule has 0 spiro atoms. The maximum Gasteiger partial charge on any atom is 0.150 e. The van der Waals surface area contributed by atoms with Crippen LogP contribution in [0.1, 0.15) is 31.5 Å². The lowest BCUT2D eigenvalue weighted by Gasteiger charge is -2.16. The van der Waals surface area contributed by atoms with Crippen LogP contribution in [0.4, 0.5) is 0 Å². The Labute approximate surface area is 130 Å². The van der Waals surface area contributed by atoms with E-state index in [1.807, 2.05) is 6.07 Å². The van der Waals surface area contributed by atoms with Gasteiger partial charge in [0.05, 0.1) is 17.5 Å². The molecular formula is C11H17Br2N3O2S. The Morgan fingerprint density at radius 1 is 1.47 bits per heavy atom. The number of nitrogens with two attached hydrogens (primary N) is 1. The SMILES string of the molecule is CCS(=O)(=O)CCCC(NN)c1ncc(Br)cc1Br. The standard InChI is InChI=1S/C11H17Br2N3O2S/c1-2-19(17,18)5-3-4-10(16-14)11-9(13)6-8(12)7-15-11/h6-7,10,16H,2-5,14H2,1H3. The molecule has 0 bridgehead atoms. The summed E-state index contributed by atoms with van der Waals surface area (Å²) in [5.74, 6) is 5.87. The smallest absolute Gasteiger partial charge is 0.150 e. The zero-order valence-electron chi connectivity index (χ0n) is 10.6. The van der Waals surface area contributed by atoms with E-state index in [9.17, 15) is 8.42 Å². The van der Waals surface area contributed by atoms with E-state index in [1.165, 1.54) is 0 Å². The quantitative estimate of drug-likeness (QED) is 0.528. The zero-order valence-corrected chi connectivity index (χ0v) is 14.6. The van der Waals surface area contributed by atoms with Gasteiger partial charge in [-0.05, 0) is 50.8 Å². The average molecular weight is 415 g/mol. The van der Waals surface area contributed by atoms with Crippen LogP contribution in [0.25, 0.3) is 0 Å². The number of hydrogen-bond acceptors (Lipinski definition) is 5. The minimum atomic E-state index is -2.93. The van der Waals surface area contributed by atoms with Gasteiger partial charge in [0, 0.05) is 20.9 Å². The van der Waals surface area contributed by atoms with E-state index in [4.69, 9.17) is 5.84 Å². The summed E-state index contributed by atoms with van der Waals surface area (Å²) in [6, 6.07) is 1.71. The molecular weight excluding hydrogens is 398 g/mol.